The van der Waals surface area contributed by atoms with Crippen LogP contribution in [0, 0.1) is 24.7 Å². The zero-order chi connectivity index (χ0) is 20.9. The van der Waals surface area contributed by atoms with Crippen LogP contribution in [0.2, 0.25) is 0 Å². The van der Waals surface area contributed by atoms with E-state index in [9.17, 15) is 4.79 Å². The van der Waals surface area contributed by atoms with Crippen LogP contribution in [-0.4, -0.2) is 6.16 Å². The topological polar surface area (TPSA) is 35.5 Å². The van der Waals surface area contributed by atoms with Gasteiger partial charge in [-0.15, -0.1) is 12.8 Å². The fraction of sp³-hybridized carbons (Fsp3) is 0.0741. The molecule has 0 aliphatic rings. The van der Waals surface area contributed by atoms with E-state index in [-0.39, 0.29) is 0 Å². The highest BCUT2D eigenvalue weighted by atomic mass is 16.7. The van der Waals surface area contributed by atoms with Gasteiger partial charge in [0.15, 0.2) is 12.2 Å². The van der Waals surface area contributed by atoms with E-state index in [4.69, 9.17) is 22.3 Å². The van der Waals surface area contributed by atoms with Crippen LogP contribution >= 0.6 is 0 Å². The number of hydrogen-bond donors (Lipinski definition) is 0. The fourth-order valence-corrected chi connectivity index (χ4v) is 3.36. The van der Waals surface area contributed by atoms with Crippen molar-refractivity contribution in [3.05, 3.63) is 96.1 Å². The first-order valence-corrected chi connectivity index (χ1v) is 9.45. The number of hydrogen-bond acceptors (Lipinski definition) is 3. The Morgan fingerprint density at radius 3 is 1.43 bits per heavy atom. The van der Waals surface area contributed by atoms with Gasteiger partial charge in [-0.25, -0.2) is 4.79 Å². The smallest absolute Gasteiger partial charge is 0.413 e. The molecule has 0 aliphatic heterocycles. The third kappa shape index (κ3) is 3.97. The molecule has 2 unspecified atom stereocenters. The van der Waals surface area contributed by atoms with Crippen LogP contribution in [0.3, 0.4) is 0 Å². The average Bonchev–Trinajstić information content (AvgIpc) is 2.80. The number of carbonyl (C=O) groups excluding carboxylic acids is 1. The van der Waals surface area contributed by atoms with Gasteiger partial charge in [0.25, 0.3) is 0 Å². The maximum Gasteiger partial charge on any atom is 0.511 e. The predicted octanol–water partition coefficient (Wildman–Crippen LogP) is 6.20. The first kappa shape index (κ1) is 19.1. The third-order valence-electron chi connectivity index (χ3n) is 4.88. The van der Waals surface area contributed by atoms with Gasteiger partial charge in [0, 0.05) is 11.1 Å². The molecule has 0 saturated carbocycles. The van der Waals surface area contributed by atoms with E-state index >= 15 is 0 Å². The van der Waals surface area contributed by atoms with Crippen LogP contribution in [0.4, 0.5) is 4.79 Å². The first-order valence-electron chi connectivity index (χ1n) is 9.45. The van der Waals surface area contributed by atoms with Crippen molar-refractivity contribution in [2.45, 2.75) is 12.2 Å². The van der Waals surface area contributed by atoms with Crippen molar-refractivity contribution in [2.24, 2.45) is 0 Å². The molecule has 0 heterocycles. The lowest BCUT2D eigenvalue weighted by Crippen LogP contribution is -2.15. The molecule has 0 saturated heterocycles. The minimum Gasteiger partial charge on any atom is -0.413 e. The quantitative estimate of drug-likeness (QED) is 0.308. The van der Waals surface area contributed by atoms with Crippen molar-refractivity contribution >= 4 is 27.7 Å². The molecule has 3 nitrogen and oxygen atoms in total. The molecule has 3 heteroatoms. The Hall–Kier alpha value is -4.21. The first-order chi connectivity index (χ1) is 14.7. The molecule has 0 bridgehead atoms. The summed E-state index contributed by atoms with van der Waals surface area (Å²) in [7, 11) is 0. The molecule has 0 fully saturated rings. The fourth-order valence-electron chi connectivity index (χ4n) is 3.36. The Morgan fingerprint density at radius 1 is 0.633 bits per heavy atom. The molecule has 4 rings (SSSR count). The summed E-state index contributed by atoms with van der Waals surface area (Å²) in [5.74, 6) is 4.99. The zero-order valence-corrected chi connectivity index (χ0v) is 16.1. The van der Waals surface area contributed by atoms with E-state index in [1.54, 1.807) is 0 Å². The summed E-state index contributed by atoms with van der Waals surface area (Å²) in [5, 5.41) is 4.15. The maximum atomic E-state index is 12.4. The summed E-state index contributed by atoms with van der Waals surface area (Å²) >= 11 is 0. The van der Waals surface area contributed by atoms with Crippen LogP contribution < -0.4 is 0 Å². The van der Waals surface area contributed by atoms with Crippen LogP contribution in [0.25, 0.3) is 21.5 Å². The Balaban J connectivity index is 1.50. The molecule has 2 atom stereocenters. The van der Waals surface area contributed by atoms with E-state index in [0.717, 1.165) is 21.5 Å². The SMILES string of the molecule is C#CC(OC(=O)OC(C#C)c1ccc2ccccc2c1)c1ccc2ccccc2c1. The minimum atomic E-state index is -0.915. The number of rotatable bonds is 4. The normalized spacial score (nSPS) is 12.5. The third-order valence-corrected chi connectivity index (χ3v) is 4.88. The van der Waals surface area contributed by atoms with Gasteiger partial charge in [-0.05, 0) is 33.7 Å². The second-order valence-corrected chi connectivity index (χ2v) is 6.79. The molecule has 0 aromatic heterocycles. The summed E-state index contributed by atoms with van der Waals surface area (Å²) < 4.78 is 10.8. The Kier molecular flexibility index (Phi) is 5.37. The molecular weight excluding hydrogens is 372 g/mol. The van der Waals surface area contributed by atoms with E-state index in [2.05, 4.69) is 11.8 Å². The molecule has 30 heavy (non-hydrogen) atoms. The molecule has 0 radical (unpaired) electrons. The van der Waals surface area contributed by atoms with E-state index < -0.39 is 18.4 Å². The molecule has 0 N–H and O–H groups in total. The van der Waals surface area contributed by atoms with E-state index in [1.807, 2.05) is 84.9 Å². The second-order valence-electron chi connectivity index (χ2n) is 6.79. The monoisotopic (exact) mass is 390 g/mol. The largest absolute Gasteiger partial charge is 0.511 e. The van der Waals surface area contributed by atoms with Crippen molar-refractivity contribution in [1.29, 1.82) is 0 Å². The van der Waals surface area contributed by atoms with Crippen LogP contribution in [-0.2, 0) is 9.47 Å². The minimum absolute atomic E-state index is 0.691. The standard InChI is InChI=1S/C27H18O3/c1-3-25(23-15-13-19-9-5-7-11-21(19)17-23)29-27(28)30-26(4-2)24-16-14-20-10-6-8-12-22(20)18-24/h1-2,5-18,25-26H. The van der Waals surface area contributed by atoms with Crippen molar-refractivity contribution in [3.8, 4) is 24.7 Å². The lowest BCUT2D eigenvalue weighted by atomic mass is 10.0. The maximum absolute atomic E-state index is 12.4. The zero-order valence-electron chi connectivity index (χ0n) is 16.1. The van der Waals surface area contributed by atoms with Crippen LogP contribution in [0.5, 0.6) is 0 Å². The van der Waals surface area contributed by atoms with Gasteiger partial charge in [0.05, 0.1) is 0 Å². The van der Waals surface area contributed by atoms with Gasteiger partial charge in [-0.1, -0.05) is 84.6 Å². The van der Waals surface area contributed by atoms with E-state index in [1.165, 1.54) is 0 Å². The van der Waals surface area contributed by atoms with Gasteiger partial charge in [-0.2, -0.15) is 0 Å². The Bertz CT molecular complexity index is 1210. The predicted molar refractivity (Wildman–Crippen MR) is 119 cm³/mol. The second kappa shape index (κ2) is 8.43. The van der Waals surface area contributed by atoms with E-state index in [0.29, 0.717) is 11.1 Å². The molecule has 144 valence electrons. The van der Waals surface area contributed by atoms with Crippen LogP contribution in [0.1, 0.15) is 23.3 Å². The van der Waals surface area contributed by atoms with Crippen molar-refractivity contribution in [1.82, 2.24) is 0 Å². The highest BCUT2D eigenvalue weighted by Gasteiger charge is 2.20. The van der Waals surface area contributed by atoms with Gasteiger partial charge >= 0.3 is 6.16 Å². The Labute approximate surface area is 175 Å². The summed E-state index contributed by atoms with van der Waals surface area (Å²) in [6.45, 7) is 0. The number of ether oxygens (including phenoxy) is 2. The van der Waals surface area contributed by atoms with Gasteiger partial charge in [0.2, 0.25) is 0 Å². The lowest BCUT2D eigenvalue weighted by Gasteiger charge is -2.17. The van der Waals surface area contributed by atoms with Gasteiger partial charge in [0.1, 0.15) is 0 Å². The average molecular weight is 390 g/mol. The summed E-state index contributed by atoms with van der Waals surface area (Å²) in [6.07, 6.45) is 8.55. The molecule has 0 spiro atoms. The van der Waals surface area contributed by atoms with Crippen LogP contribution in [0.15, 0.2) is 84.9 Å². The highest BCUT2D eigenvalue weighted by molar-refractivity contribution is 5.84. The van der Waals surface area contributed by atoms with Crippen molar-refractivity contribution < 1.29 is 14.3 Å². The number of terminal acetylenes is 2. The number of benzene rings is 4. The summed E-state index contributed by atoms with van der Waals surface area (Å²) in [4.78, 5) is 12.4. The Morgan fingerprint density at radius 2 is 1.03 bits per heavy atom. The molecule has 0 aliphatic carbocycles. The van der Waals surface area contributed by atoms with Crippen molar-refractivity contribution in [2.75, 3.05) is 0 Å². The number of carbonyl (C=O) groups is 1. The van der Waals surface area contributed by atoms with Gasteiger partial charge < -0.3 is 9.47 Å². The number of fused-ring (bicyclic) bond motifs is 2. The molecule has 0 amide bonds. The lowest BCUT2D eigenvalue weighted by molar-refractivity contribution is 0.0249. The summed E-state index contributed by atoms with van der Waals surface area (Å²) in [6, 6.07) is 27.1. The molecular formula is C27H18O3. The van der Waals surface area contributed by atoms with Gasteiger partial charge in [-0.3, -0.25) is 0 Å². The summed E-state index contributed by atoms with van der Waals surface area (Å²) in [5.41, 5.74) is 1.38. The molecule has 4 aromatic carbocycles. The highest BCUT2D eigenvalue weighted by Crippen LogP contribution is 2.26. The molecule has 4 aromatic rings. The van der Waals surface area contributed by atoms with Crippen molar-refractivity contribution in [3.63, 3.8) is 0 Å².